The highest BCUT2D eigenvalue weighted by Gasteiger charge is 2.20. The molecule has 0 bridgehead atoms. The van der Waals surface area contributed by atoms with Gasteiger partial charge in [-0.25, -0.2) is 9.97 Å². The van der Waals surface area contributed by atoms with Gasteiger partial charge in [-0.3, -0.25) is 0 Å². The van der Waals surface area contributed by atoms with Gasteiger partial charge in [0.2, 0.25) is 0 Å². The summed E-state index contributed by atoms with van der Waals surface area (Å²) in [6.07, 6.45) is 2.44. The average molecular weight is 276 g/mol. The van der Waals surface area contributed by atoms with Crippen LogP contribution in [-0.4, -0.2) is 23.1 Å². The van der Waals surface area contributed by atoms with E-state index in [9.17, 15) is 0 Å². The molecule has 4 nitrogen and oxygen atoms in total. The predicted octanol–water partition coefficient (Wildman–Crippen LogP) is 3.36. The number of para-hydroxylation sites is 2. The standard InChI is InChI=1S/C14H14ClN3O/c1-10-13(15)16-9-17-14(10)18-7-4-8-19-12-6-3-2-5-11(12)18/h2-3,5-6,9H,4,7-8H2,1H3. The topological polar surface area (TPSA) is 38.2 Å². The third-order valence-electron chi connectivity index (χ3n) is 3.19. The van der Waals surface area contributed by atoms with Crippen molar-refractivity contribution in [2.75, 3.05) is 18.1 Å². The van der Waals surface area contributed by atoms with Crippen LogP contribution in [0.25, 0.3) is 0 Å². The second kappa shape index (κ2) is 5.05. The summed E-state index contributed by atoms with van der Waals surface area (Å²) < 4.78 is 5.75. The molecule has 19 heavy (non-hydrogen) atoms. The van der Waals surface area contributed by atoms with Crippen molar-refractivity contribution in [3.63, 3.8) is 0 Å². The summed E-state index contributed by atoms with van der Waals surface area (Å²) in [5.74, 6) is 1.73. The Morgan fingerprint density at radius 3 is 3.00 bits per heavy atom. The van der Waals surface area contributed by atoms with Crippen LogP contribution in [0.5, 0.6) is 5.75 Å². The number of nitrogens with zero attached hydrogens (tertiary/aromatic N) is 3. The molecule has 0 aliphatic carbocycles. The number of aromatic nitrogens is 2. The van der Waals surface area contributed by atoms with Gasteiger partial charge in [0.25, 0.3) is 0 Å². The lowest BCUT2D eigenvalue weighted by Crippen LogP contribution is -2.20. The van der Waals surface area contributed by atoms with E-state index in [1.54, 1.807) is 0 Å². The van der Waals surface area contributed by atoms with Gasteiger partial charge >= 0.3 is 0 Å². The van der Waals surface area contributed by atoms with E-state index < -0.39 is 0 Å². The number of halogens is 1. The quantitative estimate of drug-likeness (QED) is 0.748. The van der Waals surface area contributed by atoms with Gasteiger partial charge in [-0.1, -0.05) is 23.7 Å². The van der Waals surface area contributed by atoms with Crippen LogP contribution in [0.3, 0.4) is 0 Å². The second-order valence-corrected chi connectivity index (χ2v) is 4.79. The third kappa shape index (κ3) is 2.24. The predicted molar refractivity (Wildman–Crippen MR) is 75.3 cm³/mol. The number of fused-ring (bicyclic) bond motifs is 1. The zero-order chi connectivity index (χ0) is 13.2. The maximum absolute atomic E-state index is 6.09. The molecule has 1 aliphatic rings. The zero-order valence-electron chi connectivity index (χ0n) is 10.6. The number of hydrogen-bond acceptors (Lipinski definition) is 4. The fourth-order valence-electron chi connectivity index (χ4n) is 2.24. The first-order valence-corrected chi connectivity index (χ1v) is 6.61. The minimum absolute atomic E-state index is 0.493. The average Bonchev–Trinajstić information content (AvgIpc) is 2.64. The lowest BCUT2D eigenvalue weighted by Gasteiger charge is -2.24. The number of benzene rings is 1. The molecule has 5 heteroatoms. The molecule has 0 radical (unpaired) electrons. The Morgan fingerprint density at radius 1 is 1.26 bits per heavy atom. The van der Waals surface area contributed by atoms with E-state index >= 15 is 0 Å². The Hall–Kier alpha value is -1.81. The van der Waals surface area contributed by atoms with Crippen LogP contribution >= 0.6 is 11.6 Å². The highest BCUT2D eigenvalue weighted by Crippen LogP contribution is 2.36. The Bertz CT molecular complexity index is 603. The summed E-state index contributed by atoms with van der Waals surface area (Å²) >= 11 is 6.09. The van der Waals surface area contributed by atoms with Gasteiger partial charge in [-0.05, 0) is 25.5 Å². The monoisotopic (exact) mass is 275 g/mol. The van der Waals surface area contributed by atoms with Crippen molar-refractivity contribution in [1.82, 2.24) is 9.97 Å². The van der Waals surface area contributed by atoms with Gasteiger partial charge in [0.15, 0.2) is 0 Å². The Labute approximate surface area is 117 Å². The fraction of sp³-hybridized carbons (Fsp3) is 0.286. The van der Waals surface area contributed by atoms with E-state index in [4.69, 9.17) is 16.3 Å². The van der Waals surface area contributed by atoms with Crippen LogP contribution in [-0.2, 0) is 0 Å². The smallest absolute Gasteiger partial charge is 0.142 e. The molecular formula is C14H14ClN3O. The molecule has 0 fully saturated rings. The van der Waals surface area contributed by atoms with Crippen LogP contribution in [0.2, 0.25) is 5.15 Å². The Balaban J connectivity index is 2.12. The molecule has 3 rings (SSSR count). The summed E-state index contributed by atoms with van der Waals surface area (Å²) in [4.78, 5) is 10.5. The van der Waals surface area contributed by atoms with E-state index in [-0.39, 0.29) is 0 Å². The maximum atomic E-state index is 6.09. The molecule has 0 saturated carbocycles. The van der Waals surface area contributed by atoms with Crippen molar-refractivity contribution >= 4 is 23.1 Å². The van der Waals surface area contributed by atoms with E-state index in [1.807, 2.05) is 31.2 Å². The SMILES string of the molecule is Cc1c(Cl)ncnc1N1CCCOc2ccccc21. The van der Waals surface area contributed by atoms with Crippen molar-refractivity contribution in [3.05, 3.63) is 41.3 Å². The van der Waals surface area contributed by atoms with Crippen LogP contribution < -0.4 is 9.64 Å². The van der Waals surface area contributed by atoms with Gasteiger partial charge in [0.05, 0.1) is 12.3 Å². The summed E-state index contributed by atoms with van der Waals surface area (Å²) in [7, 11) is 0. The lowest BCUT2D eigenvalue weighted by molar-refractivity contribution is 0.322. The first kappa shape index (κ1) is 12.2. The molecule has 0 amide bonds. The molecule has 1 aromatic heterocycles. The summed E-state index contributed by atoms with van der Waals surface area (Å²) in [6, 6.07) is 7.99. The van der Waals surface area contributed by atoms with Gasteiger partial charge in [0, 0.05) is 12.1 Å². The van der Waals surface area contributed by atoms with Crippen molar-refractivity contribution in [2.45, 2.75) is 13.3 Å². The highest BCUT2D eigenvalue weighted by molar-refractivity contribution is 6.30. The molecule has 0 N–H and O–H groups in total. The Morgan fingerprint density at radius 2 is 2.11 bits per heavy atom. The summed E-state index contributed by atoms with van der Waals surface area (Å²) in [5, 5.41) is 0.493. The normalized spacial score (nSPS) is 14.5. The van der Waals surface area contributed by atoms with Crippen LogP contribution in [0.1, 0.15) is 12.0 Å². The third-order valence-corrected chi connectivity index (χ3v) is 3.57. The van der Waals surface area contributed by atoms with Crippen LogP contribution in [0.4, 0.5) is 11.5 Å². The Kier molecular flexibility index (Phi) is 3.25. The number of hydrogen-bond donors (Lipinski definition) is 0. The van der Waals surface area contributed by atoms with E-state index in [1.165, 1.54) is 6.33 Å². The van der Waals surface area contributed by atoms with Gasteiger partial charge < -0.3 is 9.64 Å². The molecule has 0 saturated heterocycles. The van der Waals surface area contributed by atoms with E-state index in [0.717, 1.165) is 35.8 Å². The molecule has 2 aromatic rings. The second-order valence-electron chi connectivity index (χ2n) is 4.43. The van der Waals surface area contributed by atoms with Crippen LogP contribution in [0, 0.1) is 6.92 Å². The van der Waals surface area contributed by atoms with Crippen molar-refractivity contribution in [1.29, 1.82) is 0 Å². The molecule has 0 spiro atoms. The van der Waals surface area contributed by atoms with Gasteiger partial charge in [-0.2, -0.15) is 0 Å². The number of ether oxygens (including phenoxy) is 1. The number of rotatable bonds is 1. The van der Waals surface area contributed by atoms with Gasteiger partial charge in [-0.15, -0.1) is 0 Å². The minimum atomic E-state index is 0.493. The summed E-state index contributed by atoms with van der Waals surface area (Å²) in [5.41, 5.74) is 1.92. The van der Waals surface area contributed by atoms with Crippen molar-refractivity contribution in [3.8, 4) is 5.75 Å². The summed E-state index contributed by atoms with van der Waals surface area (Å²) in [6.45, 7) is 3.50. The minimum Gasteiger partial charge on any atom is -0.491 e. The molecule has 0 unspecified atom stereocenters. The number of anilines is 2. The zero-order valence-corrected chi connectivity index (χ0v) is 11.4. The molecule has 98 valence electrons. The maximum Gasteiger partial charge on any atom is 0.142 e. The molecule has 2 heterocycles. The van der Waals surface area contributed by atoms with Crippen LogP contribution in [0.15, 0.2) is 30.6 Å². The largest absolute Gasteiger partial charge is 0.491 e. The first-order valence-electron chi connectivity index (χ1n) is 6.24. The highest BCUT2D eigenvalue weighted by atomic mass is 35.5. The van der Waals surface area contributed by atoms with Crippen molar-refractivity contribution < 1.29 is 4.74 Å². The molecule has 1 aromatic carbocycles. The van der Waals surface area contributed by atoms with Gasteiger partial charge in [0.1, 0.15) is 23.0 Å². The molecular weight excluding hydrogens is 262 g/mol. The first-order chi connectivity index (χ1) is 9.27. The van der Waals surface area contributed by atoms with E-state index in [2.05, 4.69) is 14.9 Å². The fourth-order valence-corrected chi connectivity index (χ4v) is 2.37. The lowest BCUT2D eigenvalue weighted by atomic mass is 10.2. The molecule has 0 atom stereocenters. The van der Waals surface area contributed by atoms with E-state index in [0.29, 0.717) is 11.8 Å². The van der Waals surface area contributed by atoms with Crippen molar-refractivity contribution in [2.24, 2.45) is 0 Å². The molecule has 1 aliphatic heterocycles.